The number of nitrogens with two attached hydrogens (primary N) is 1. The van der Waals surface area contributed by atoms with Crippen LogP contribution in [0.25, 0.3) is 22.6 Å². The Kier molecular flexibility index (Phi) is 6.89. The number of allylic oxidation sites excluding steroid dienone is 3. The van der Waals surface area contributed by atoms with E-state index >= 15 is 0 Å². The molecule has 1 unspecified atom stereocenters. The number of methoxy groups -OCH3 is 1. The van der Waals surface area contributed by atoms with Crippen molar-refractivity contribution in [1.29, 1.82) is 5.26 Å². The van der Waals surface area contributed by atoms with Crippen LogP contribution in [-0.4, -0.2) is 40.6 Å². The molecule has 0 fully saturated rings. The number of pyridine rings is 1. The van der Waals surface area contributed by atoms with Gasteiger partial charge in [0, 0.05) is 55.7 Å². The fraction of sp³-hybridized carbons (Fsp3) is 0.129. The first-order valence-electron chi connectivity index (χ1n) is 12.3. The summed E-state index contributed by atoms with van der Waals surface area (Å²) >= 11 is 0. The molecule has 2 N–H and O–H groups in total. The first-order valence-corrected chi connectivity index (χ1v) is 12.3. The number of imidazole rings is 1. The number of benzene rings is 2. The molecule has 8 heteroatoms. The molecule has 1 aliphatic rings. The molecule has 4 aromatic rings. The molecule has 0 bridgehead atoms. The molecule has 0 saturated heterocycles. The predicted octanol–water partition coefficient (Wildman–Crippen LogP) is 5.24. The third kappa shape index (κ3) is 4.74. The Labute approximate surface area is 227 Å². The number of nitriles is 1. The lowest BCUT2D eigenvalue weighted by atomic mass is 9.79. The summed E-state index contributed by atoms with van der Waals surface area (Å²) in [6.45, 7) is 4.41. The van der Waals surface area contributed by atoms with E-state index < -0.39 is 5.92 Å². The summed E-state index contributed by atoms with van der Waals surface area (Å²) in [7, 11) is 5.38. The van der Waals surface area contributed by atoms with Crippen LogP contribution >= 0.6 is 0 Å². The van der Waals surface area contributed by atoms with Crippen LogP contribution < -0.4 is 10.5 Å². The third-order valence-corrected chi connectivity index (χ3v) is 6.65. The molecule has 8 nitrogen and oxygen atoms in total. The number of aromatic nitrogens is 3. The summed E-state index contributed by atoms with van der Waals surface area (Å²) < 4.78 is 13.3. The molecule has 1 atom stereocenters. The van der Waals surface area contributed by atoms with E-state index in [1.54, 1.807) is 25.7 Å². The maximum absolute atomic E-state index is 10.2. The standard InChI is InChI=1S/C31H28N6O2/c1-20(21-7-11-25(38-4)12-8-21)27-28(26(19-32)29(33)39-31(27)36(2)3)22-5-9-24(10-6-22)37-18-17-35-30(37)23-13-15-34-16-14-23/h5-18,28H,1,33H2,2-4H3. The van der Waals surface area contributed by atoms with Gasteiger partial charge in [-0.25, -0.2) is 4.98 Å². The van der Waals surface area contributed by atoms with Gasteiger partial charge in [-0.15, -0.1) is 0 Å². The molecule has 0 radical (unpaired) electrons. The summed E-state index contributed by atoms with van der Waals surface area (Å²) in [6, 6.07) is 21.8. The average Bonchev–Trinajstić information content (AvgIpc) is 3.47. The van der Waals surface area contributed by atoms with E-state index in [9.17, 15) is 5.26 Å². The smallest absolute Gasteiger partial charge is 0.207 e. The first-order chi connectivity index (χ1) is 18.9. The molecule has 0 aliphatic carbocycles. The summed E-state index contributed by atoms with van der Waals surface area (Å²) in [5, 5.41) is 10.2. The predicted molar refractivity (Wildman–Crippen MR) is 150 cm³/mol. The quantitative estimate of drug-likeness (QED) is 0.358. The van der Waals surface area contributed by atoms with Crippen LogP contribution in [0.15, 0.2) is 115 Å². The van der Waals surface area contributed by atoms with Crippen LogP contribution in [0.4, 0.5) is 0 Å². The highest BCUT2D eigenvalue weighted by Crippen LogP contribution is 2.45. The fourth-order valence-electron chi connectivity index (χ4n) is 4.71. The highest BCUT2D eigenvalue weighted by atomic mass is 16.5. The molecule has 194 valence electrons. The Morgan fingerprint density at radius 1 is 1.05 bits per heavy atom. The second kappa shape index (κ2) is 10.6. The van der Waals surface area contributed by atoms with Gasteiger partial charge in [0.05, 0.1) is 13.0 Å². The van der Waals surface area contributed by atoms with Crippen molar-refractivity contribution in [3.8, 4) is 28.9 Å². The fourth-order valence-corrected chi connectivity index (χ4v) is 4.71. The Morgan fingerprint density at radius 2 is 1.74 bits per heavy atom. The number of rotatable bonds is 7. The minimum Gasteiger partial charge on any atom is -0.497 e. The zero-order valence-corrected chi connectivity index (χ0v) is 22.0. The highest BCUT2D eigenvalue weighted by Gasteiger charge is 2.35. The Balaban J connectivity index is 1.59. The van der Waals surface area contributed by atoms with Gasteiger partial charge in [-0.2, -0.15) is 5.26 Å². The van der Waals surface area contributed by atoms with E-state index in [4.69, 9.17) is 15.2 Å². The molecule has 1 aliphatic heterocycles. The van der Waals surface area contributed by atoms with E-state index in [1.165, 1.54) is 0 Å². The minimum atomic E-state index is -0.479. The largest absolute Gasteiger partial charge is 0.497 e. The molecule has 2 aromatic carbocycles. The first kappa shape index (κ1) is 25.4. The van der Waals surface area contributed by atoms with Crippen molar-refractivity contribution in [3.63, 3.8) is 0 Å². The second-order valence-electron chi connectivity index (χ2n) is 9.19. The van der Waals surface area contributed by atoms with Crippen molar-refractivity contribution in [3.05, 3.63) is 126 Å². The van der Waals surface area contributed by atoms with Gasteiger partial charge in [-0.3, -0.25) is 9.55 Å². The van der Waals surface area contributed by atoms with Gasteiger partial charge in [0.15, 0.2) is 0 Å². The van der Waals surface area contributed by atoms with E-state index in [0.29, 0.717) is 11.5 Å². The zero-order valence-electron chi connectivity index (χ0n) is 22.0. The van der Waals surface area contributed by atoms with Crippen LogP contribution in [-0.2, 0) is 4.74 Å². The van der Waals surface area contributed by atoms with Crippen LogP contribution in [0.3, 0.4) is 0 Å². The maximum atomic E-state index is 10.2. The van der Waals surface area contributed by atoms with Crippen molar-refractivity contribution in [2.24, 2.45) is 5.73 Å². The molecular weight excluding hydrogens is 488 g/mol. The Bertz CT molecular complexity index is 1610. The van der Waals surface area contributed by atoms with E-state index in [-0.39, 0.29) is 5.88 Å². The van der Waals surface area contributed by atoms with Crippen LogP contribution in [0, 0.1) is 11.3 Å². The topological polar surface area (TPSA) is 102 Å². The van der Waals surface area contributed by atoms with Gasteiger partial charge in [0.2, 0.25) is 11.8 Å². The molecule has 0 spiro atoms. The van der Waals surface area contributed by atoms with Gasteiger partial charge in [0.1, 0.15) is 23.2 Å². The molecule has 3 heterocycles. The molecule has 5 rings (SSSR count). The lowest BCUT2D eigenvalue weighted by molar-refractivity contribution is 0.187. The lowest BCUT2D eigenvalue weighted by Crippen LogP contribution is -2.27. The summed E-state index contributed by atoms with van der Waals surface area (Å²) in [4.78, 5) is 10.5. The molecular formula is C31H28N6O2. The van der Waals surface area contributed by atoms with Crippen molar-refractivity contribution >= 4 is 5.57 Å². The van der Waals surface area contributed by atoms with Crippen molar-refractivity contribution < 1.29 is 9.47 Å². The number of nitrogens with zero attached hydrogens (tertiary/aromatic N) is 5. The van der Waals surface area contributed by atoms with Gasteiger partial charge in [-0.05, 0) is 53.1 Å². The molecule has 39 heavy (non-hydrogen) atoms. The normalized spacial score (nSPS) is 15.0. The van der Waals surface area contributed by atoms with Crippen molar-refractivity contribution in [2.45, 2.75) is 5.92 Å². The average molecular weight is 517 g/mol. The van der Waals surface area contributed by atoms with E-state index in [0.717, 1.165) is 45.1 Å². The molecule has 0 saturated carbocycles. The van der Waals surface area contributed by atoms with Gasteiger partial charge in [0.25, 0.3) is 0 Å². The monoisotopic (exact) mass is 516 g/mol. The molecule has 2 aromatic heterocycles. The van der Waals surface area contributed by atoms with Gasteiger partial charge < -0.3 is 20.1 Å². The van der Waals surface area contributed by atoms with E-state index in [2.05, 4.69) is 22.6 Å². The van der Waals surface area contributed by atoms with Crippen LogP contribution in [0.1, 0.15) is 17.0 Å². The van der Waals surface area contributed by atoms with Gasteiger partial charge in [-0.1, -0.05) is 30.8 Å². The number of hydrogen-bond acceptors (Lipinski definition) is 7. The zero-order chi connectivity index (χ0) is 27.5. The number of ether oxygens (including phenoxy) is 2. The van der Waals surface area contributed by atoms with Gasteiger partial charge >= 0.3 is 0 Å². The SMILES string of the molecule is C=C(C1=C(N(C)C)OC(N)=C(C#N)C1c1ccc(-n2ccnc2-c2ccncc2)cc1)c1ccc(OC)cc1. The van der Waals surface area contributed by atoms with Crippen LogP contribution in [0.5, 0.6) is 5.75 Å². The lowest BCUT2D eigenvalue weighted by Gasteiger charge is -2.33. The number of hydrogen-bond donors (Lipinski definition) is 1. The second-order valence-corrected chi connectivity index (χ2v) is 9.19. The minimum absolute atomic E-state index is 0.0798. The van der Waals surface area contributed by atoms with Crippen LogP contribution in [0.2, 0.25) is 0 Å². The third-order valence-electron chi connectivity index (χ3n) is 6.65. The Hall–Kier alpha value is -5.29. The summed E-state index contributed by atoms with van der Waals surface area (Å²) in [5.74, 6) is 1.69. The maximum Gasteiger partial charge on any atom is 0.207 e. The van der Waals surface area contributed by atoms with E-state index in [1.807, 2.05) is 90.4 Å². The Morgan fingerprint density at radius 3 is 2.36 bits per heavy atom. The highest BCUT2D eigenvalue weighted by molar-refractivity contribution is 5.82. The molecule has 0 amide bonds. The summed E-state index contributed by atoms with van der Waals surface area (Å²) in [6.07, 6.45) is 7.17. The summed E-state index contributed by atoms with van der Waals surface area (Å²) in [5.41, 5.74) is 11.8. The van der Waals surface area contributed by atoms with Crippen molar-refractivity contribution in [1.82, 2.24) is 19.4 Å². The van der Waals surface area contributed by atoms with Crippen molar-refractivity contribution in [2.75, 3.05) is 21.2 Å².